The van der Waals surface area contributed by atoms with Crippen molar-refractivity contribution in [3.8, 4) is 5.75 Å². The molecule has 0 spiro atoms. The molecule has 0 radical (unpaired) electrons. The molecule has 2 aliphatic heterocycles. The van der Waals surface area contributed by atoms with Crippen LogP contribution in [0.2, 0.25) is 0 Å². The highest BCUT2D eigenvalue weighted by Crippen LogP contribution is 2.39. The molecule has 3 heterocycles. The number of aliphatic hydroxyl groups excluding tert-OH is 1. The van der Waals surface area contributed by atoms with Crippen LogP contribution in [0.1, 0.15) is 30.5 Å². The number of ether oxygens (including phenoxy) is 1. The molecule has 1 aromatic carbocycles. The van der Waals surface area contributed by atoms with Crippen LogP contribution in [-0.2, 0) is 17.6 Å². The Balaban J connectivity index is 1.36. The van der Waals surface area contributed by atoms with Crippen LogP contribution in [0.3, 0.4) is 0 Å². The van der Waals surface area contributed by atoms with Crippen LogP contribution in [0.4, 0.5) is 20.5 Å². The van der Waals surface area contributed by atoms with Gasteiger partial charge in [0.05, 0.1) is 12.1 Å². The number of fused-ring (bicyclic) bond motifs is 1. The number of aromatic nitrogens is 2. The van der Waals surface area contributed by atoms with E-state index < -0.39 is 23.3 Å². The Kier molecular flexibility index (Phi) is 5.68. The molecule has 1 atom stereocenters. The summed E-state index contributed by atoms with van der Waals surface area (Å²) in [5, 5.41) is 13.3. The predicted octanol–water partition coefficient (Wildman–Crippen LogP) is 2.97. The van der Waals surface area contributed by atoms with Crippen molar-refractivity contribution in [3.63, 3.8) is 0 Å². The summed E-state index contributed by atoms with van der Waals surface area (Å²) < 4.78 is 41.7. The fraction of sp³-hybridized carbons (Fsp3) is 0.455. The maximum atomic E-state index is 12.6. The second-order valence-electron chi connectivity index (χ2n) is 8.38. The third kappa shape index (κ3) is 4.02. The molecule has 1 aliphatic carbocycles. The molecule has 1 aromatic heterocycles. The number of rotatable bonds is 7. The molecule has 0 saturated heterocycles. The summed E-state index contributed by atoms with van der Waals surface area (Å²) in [6.07, 6.45) is 5.44. The molecule has 3 aliphatic rings. The van der Waals surface area contributed by atoms with Crippen LogP contribution in [0.25, 0.3) is 5.57 Å². The molecule has 0 bridgehead atoms. The Labute approximate surface area is 187 Å². The lowest BCUT2D eigenvalue weighted by Crippen LogP contribution is -2.48. The number of anilines is 2. The van der Waals surface area contributed by atoms with E-state index >= 15 is 0 Å². The van der Waals surface area contributed by atoms with Gasteiger partial charge in [-0.15, -0.1) is 0 Å². The summed E-state index contributed by atoms with van der Waals surface area (Å²) in [6.45, 7) is -1.66. The van der Waals surface area contributed by atoms with Crippen LogP contribution in [0.5, 0.6) is 5.75 Å². The Morgan fingerprint density at radius 1 is 1.25 bits per heavy atom. The topological polar surface area (TPSA) is 93.6 Å². The first-order valence-electron chi connectivity index (χ1n) is 10.6. The molecule has 2 aromatic rings. The number of hydrogen-bond donors (Lipinski definition) is 2. The van der Waals surface area contributed by atoms with Crippen LogP contribution < -0.4 is 15.0 Å². The number of nitrogens with one attached hydrogen (secondary N) is 1. The Bertz CT molecular complexity index is 1030. The average molecular weight is 463 g/mol. The van der Waals surface area contributed by atoms with E-state index in [0.717, 1.165) is 36.1 Å². The lowest BCUT2D eigenvalue weighted by atomic mass is 9.77. The van der Waals surface area contributed by atoms with Gasteiger partial charge in [-0.05, 0) is 53.7 Å². The highest BCUT2D eigenvalue weighted by molar-refractivity contribution is 7.91. The third-order valence-electron chi connectivity index (χ3n) is 6.33. The summed E-state index contributed by atoms with van der Waals surface area (Å²) in [4.78, 5) is 12.1. The van der Waals surface area contributed by atoms with E-state index in [4.69, 9.17) is 9.97 Å². The highest BCUT2D eigenvalue weighted by Gasteiger charge is 2.41. The van der Waals surface area contributed by atoms with E-state index in [1.165, 1.54) is 12.1 Å². The summed E-state index contributed by atoms with van der Waals surface area (Å²) in [5.41, 5.74) is 2.36. The van der Waals surface area contributed by atoms with E-state index in [-0.39, 0.29) is 12.4 Å². The fourth-order valence-corrected chi connectivity index (χ4v) is 5.66. The molecular formula is C22H24F2N4O3S. The largest absolute Gasteiger partial charge is 0.611 e. The molecule has 32 heavy (non-hydrogen) atoms. The number of nitrogens with zero attached hydrogens (tertiary/aromatic N) is 3. The predicted molar refractivity (Wildman–Crippen MR) is 118 cm³/mol. The lowest BCUT2D eigenvalue weighted by Gasteiger charge is -2.41. The number of halogens is 2. The Morgan fingerprint density at radius 3 is 2.69 bits per heavy atom. The highest BCUT2D eigenvalue weighted by atomic mass is 32.2. The van der Waals surface area contributed by atoms with Gasteiger partial charge in [0.2, 0.25) is 10.8 Å². The molecule has 0 amide bonds. The van der Waals surface area contributed by atoms with Crippen LogP contribution >= 0.6 is 0 Å². The van der Waals surface area contributed by atoms with Gasteiger partial charge in [-0.1, -0.05) is 18.2 Å². The number of aryl methyl sites for hydroxylation is 1. The number of alkyl halides is 2. The van der Waals surface area contributed by atoms with Gasteiger partial charge >= 0.3 is 6.61 Å². The smallest absolute Gasteiger partial charge is 0.387 e. The van der Waals surface area contributed by atoms with Gasteiger partial charge in [0.1, 0.15) is 17.2 Å². The van der Waals surface area contributed by atoms with Gasteiger partial charge in [-0.3, -0.25) is 0 Å². The molecule has 2 N–H and O–H groups in total. The van der Waals surface area contributed by atoms with Gasteiger partial charge < -0.3 is 24.6 Å². The normalized spacial score (nSPS) is 21.3. The van der Waals surface area contributed by atoms with E-state index in [1.54, 1.807) is 12.1 Å². The zero-order valence-electron chi connectivity index (χ0n) is 17.4. The second kappa shape index (κ2) is 8.49. The van der Waals surface area contributed by atoms with E-state index in [2.05, 4.69) is 16.1 Å². The first-order chi connectivity index (χ1) is 15.5. The quantitative estimate of drug-likeness (QED) is 0.611. The van der Waals surface area contributed by atoms with E-state index in [1.807, 2.05) is 4.90 Å². The number of aliphatic hydroxyl groups is 1. The second-order valence-corrected chi connectivity index (χ2v) is 9.88. The van der Waals surface area contributed by atoms with Crippen molar-refractivity contribution < 1.29 is 23.2 Å². The first-order valence-corrected chi connectivity index (χ1v) is 12.0. The van der Waals surface area contributed by atoms with Gasteiger partial charge in [-0.25, -0.2) is 4.98 Å². The lowest BCUT2D eigenvalue weighted by molar-refractivity contribution is -0.0498. The molecular weight excluding hydrogens is 438 g/mol. The van der Waals surface area contributed by atoms with Crippen molar-refractivity contribution in [2.45, 2.75) is 42.7 Å². The standard InChI is InChI=1S/C22H24F2N4O3S/c23-20(24)31-16-4-2-14(3-5-16)15-6-10-28(12-15)21-25-17-7-11-32(30)18(17)19(26-21)27-22(13-29)8-1-9-22/h2-6,20,29H,1,7-13H2,(H,25,26,27)/t32-/m1/s1. The molecule has 7 nitrogen and oxygen atoms in total. The van der Waals surface area contributed by atoms with E-state index in [9.17, 15) is 18.4 Å². The van der Waals surface area contributed by atoms with Crippen molar-refractivity contribution in [1.29, 1.82) is 0 Å². The van der Waals surface area contributed by atoms with Crippen molar-refractivity contribution in [3.05, 3.63) is 41.6 Å². The fourth-order valence-electron chi connectivity index (χ4n) is 4.35. The van der Waals surface area contributed by atoms with Crippen molar-refractivity contribution >= 4 is 28.5 Å². The van der Waals surface area contributed by atoms with Crippen LogP contribution in [-0.4, -0.2) is 57.2 Å². The van der Waals surface area contributed by atoms with Crippen LogP contribution in [0.15, 0.2) is 35.2 Å². The van der Waals surface area contributed by atoms with Gasteiger partial charge in [-0.2, -0.15) is 13.8 Å². The minimum atomic E-state index is -2.85. The minimum absolute atomic E-state index is 0.00836. The average Bonchev–Trinajstić information content (AvgIpc) is 3.38. The summed E-state index contributed by atoms with van der Waals surface area (Å²) in [7, 11) is 0. The van der Waals surface area contributed by atoms with Crippen molar-refractivity contribution in [2.24, 2.45) is 0 Å². The van der Waals surface area contributed by atoms with Crippen molar-refractivity contribution in [2.75, 3.05) is 35.7 Å². The minimum Gasteiger partial charge on any atom is -0.611 e. The first kappa shape index (κ1) is 21.4. The van der Waals surface area contributed by atoms with E-state index in [0.29, 0.717) is 41.9 Å². The van der Waals surface area contributed by atoms with Crippen molar-refractivity contribution in [1.82, 2.24) is 9.97 Å². The van der Waals surface area contributed by atoms with Gasteiger partial charge in [0.15, 0.2) is 5.82 Å². The number of hydrogen-bond acceptors (Lipinski definition) is 7. The zero-order valence-corrected chi connectivity index (χ0v) is 18.2. The maximum Gasteiger partial charge on any atom is 0.387 e. The Hall–Kier alpha value is -2.43. The molecule has 170 valence electrons. The molecule has 5 rings (SSSR count). The SMILES string of the molecule is [O-][S@+]1CCc2nc(N3CC=C(c4ccc(OC(F)F)cc4)C3)nc(NC3(CO)CCC3)c21. The maximum absolute atomic E-state index is 12.6. The molecule has 0 unspecified atom stereocenters. The molecule has 1 saturated carbocycles. The molecule has 1 fully saturated rings. The third-order valence-corrected chi connectivity index (χ3v) is 7.78. The van der Waals surface area contributed by atoms with Gasteiger partial charge in [0.25, 0.3) is 0 Å². The van der Waals surface area contributed by atoms with Gasteiger partial charge in [0, 0.05) is 19.5 Å². The summed E-state index contributed by atoms with van der Waals surface area (Å²) in [5.74, 6) is 1.78. The summed E-state index contributed by atoms with van der Waals surface area (Å²) >= 11 is -1.14. The Morgan fingerprint density at radius 2 is 2.03 bits per heavy atom. The number of benzene rings is 1. The van der Waals surface area contributed by atoms with Crippen LogP contribution in [0, 0.1) is 0 Å². The summed E-state index contributed by atoms with van der Waals surface area (Å²) in [6, 6.07) is 6.57. The zero-order chi connectivity index (χ0) is 22.3. The monoisotopic (exact) mass is 462 g/mol. The molecule has 10 heteroatoms.